The van der Waals surface area contributed by atoms with Crippen molar-refractivity contribution in [2.45, 2.75) is 58.5 Å². The standard InChI is InChI=1S/C31H36N2O4/c1-3-4-18-32-31(35)27(19-24-8-6-5-7-9-24)33(21-26-12-10-23(2)11-13-26)30(34)17-15-25-14-16-28-29(20-25)37-22-36-28/h5-14,16,20,27H,3-4,15,17-19,21-22H2,1-2H3,(H,32,35)/t27-/m0/s1. The smallest absolute Gasteiger partial charge is 0.243 e. The Kier molecular flexibility index (Phi) is 9.19. The first-order chi connectivity index (χ1) is 18.0. The van der Waals surface area contributed by atoms with E-state index in [0.29, 0.717) is 38.1 Å². The molecule has 0 fully saturated rings. The molecule has 0 aliphatic carbocycles. The number of hydrogen-bond acceptors (Lipinski definition) is 4. The zero-order chi connectivity index (χ0) is 26.0. The maximum absolute atomic E-state index is 13.8. The number of amides is 2. The number of carbonyl (C=O) groups is 2. The van der Waals surface area contributed by atoms with E-state index in [1.165, 1.54) is 0 Å². The molecular formula is C31H36N2O4. The number of carbonyl (C=O) groups excluding carboxylic acids is 2. The molecule has 0 saturated carbocycles. The van der Waals surface area contributed by atoms with E-state index in [9.17, 15) is 9.59 Å². The first-order valence-electron chi connectivity index (χ1n) is 13.1. The predicted octanol–water partition coefficient (Wildman–Crippen LogP) is 5.21. The number of benzene rings is 3. The minimum Gasteiger partial charge on any atom is -0.454 e. The second-order valence-electron chi connectivity index (χ2n) is 9.54. The van der Waals surface area contributed by atoms with Gasteiger partial charge >= 0.3 is 0 Å². The van der Waals surface area contributed by atoms with Gasteiger partial charge in [-0.15, -0.1) is 0 Å². The number of rotatable bonds is 12. The number of hydrogen-bond donors (Lipinski definition) is 1. The van der Waals surface area contributed by atoms with Gasteiger partial charge in [0.1, 0.15) is 6.04 Å². The molecule has 37 heavy (non-hydrogen) atoms. The Hall–Kier alpha value is -3.80. The third kappa shape index (κ3) is 7.35. The van der Waals surface area contributed by atoms with Gasteiger partial charge in [0, 0.05) is 25.9 Å². The summed E-state index contributed by atoms with van der Waals surface area (Å²) in [6.45, 7) is 5.33. The van der Waals surface area contributed by atoms with Crippen molar-refractivity contribution < 1.29 is 19.1 Å². The molecule has 1 aliphatic rings. The van der Waals surface area contributed by atoms with Crippen molar-refractivity contribution in [2.24, 2.45) is 0 Å². The molecule has 1 atom stereocenters. The Morgan fingerprint density at radius 1 is 0.919 bits per heavy atom. The van der Waals surface area contributed by atoms with Crippen LogP contribution in [0.3, 0.4) is 0 Å². The first-order valence-corrected chi connectivity index (χ1v) is 13.1. The van der Waals surface area contributed by atoms with Gasteiger partial charge < -0.3 is 19.7 Å². The summed E-state index contributed by atoms with van der Waals surface area (Å²) in [5, 5.41) is 3.07. The molecule has 0 radical (unpaired) electrons. The topological polar surface area (TPSA) is 67.9 Å². The Bertz CT molecular complexity index is 1180. The van der Waals surface area contributed by atoms with E-state index < -0.39 is 6.04 Å². The van der Waals surface area contributed by atoms with E-state index in [1.807, 2.05) is 79.7 Å². The number of nitrogens with one attached hydrogen (secondary N) is 1. The maximum Gasteiger partial charge on any atom is 0.243 e. The summed E-state index contributed by atoms with van der Waals surface area (Å²) in [4.78, 5) is 29.0. The molecule has 0 bridgehead atoms. The average molecular weight is 501 g/mol. The van der Waals surface area contributed by atoms with Crippen LogP contribution in [-0.2, 0) is 29.0 Å². The van der Waals surface area contributed by atoms with Crippen LogP contribution in [-0.4, -0.2) is 36.1 Å². The van der Waals surface area contributed by atoms with Crippen molar-refractivity contribution in [3.8, 4) is 11.5 Å². The molecule has 6 heteroatoms. The molecule has 1 N–H and O–H groups in total. The van der Waals surface area contributed by atoms with Crippen LogP contribution in [0.1, 0.15) is 48.4 Å². The van der Waals surface area contributed by atoms with Crippen LogP contribution in [0.4, 0.5) is 0 Å². The Balaban J connectivity index is 1.57. The maximum atomic E-state index is 13.8. The van der Waals surface area contributed by atoms with E-state index in [4.69, 9.17) is 9.47 Å². The van der Waals surface area contributed by atoms with Gasteiger partial charge in [0.05, 0.1) is 0 Å². The highest BCUT2D eigenvalue weighted by molar-refractivity contribution is 5.88. The first kappa shape index (κ1) is 26.3. The zero-order valence-electron chi connectivity index (χ0n) is 21.7. The average Bonchev–Trinajstić information content (AvgIpc) is 3.39. The van der Waals surface area contributed by atoms with Crippen LogP contribution in [0.15, 0.2) is 72.8 Å². The van der Waals surface area contributed by atoms with Gasteiger partial charge in [0.2, 0.25) is 18.6 Å². The fraction of sp³-hybridized carbons (Fsp3) is 0.355. The fourth-order valence-corrected chi connectivity index (χ4v) is 4.44. The molecule has 6 nitrogen and oxygen atoms in total. The number of nitrogens with zero attached hydrogens (tertiary/aromatic N) is 1. The van der Waals surface area contributed by atoms with Gasteiger partial charge in [-0.1, -0.05) is 79.6 Å². The molecule has 3 aromatic rings. The lowest BCUT2D eigenvalue weighted by atomic mass is 10.0. The summed E-state index contributed by atoms with van der Waals surface area (Å²) >= 11 is 0. The van der Waals surface area contributed by atoms with E-state index >= 15 is 0 Å². The van der Waals surface area contributed by atoms with E-state index in [1.54, 1.807) is 4.90 Å². The summed E-state index contributed by atoms with van der Waals surface area (Å²) in [7, 11) is 0. The highest BCUT2D eigenvalue weighted by Crippen LogP contribution is 2.33. The second kappa shape index (κ2) is 12.9. The van der Waals surface area contributed by atoms with Crippen molar-refractivity contribution >= 4 is 11.8 Å². The Morgan fingerprint density at radius 3 is 2.41 bits per heavy atom. The molecule has 0 saturated heterocycles. The van der Waals surface area contributed by atoms with Gasteiger partial charge in [0.15, 0.2) is 11.5 Å². The number of ether oxygens (including phenoxy) is 2. The Labute approximate surface area is 219 Å². The van der Waals surface area contributed by atoms with Crippen molar-refractivity contribution in [3.05, 3.63) is 95.1 Å². The lowest BCUT2D eigenvalue weighted by Crippen LogP contribution is -2.50. The lowest BCUT2D eigenvalue weighted by molar-refractivity contribution is -0.141. The van der Waals surface area contributed by atoms with E-state index in [0.717, 1.165) is 40.8 Å². The van der Waals surface area contributed by atoms with Crippen molar-refractivity contribution in [1.29, 1.82) is 0 Å². The SMILES string of the molecule is CCCCNC(=O)[C@H](Cc1ccccc1)N(Cc1ccc(C)cc1)C(=O)CCc1ccc2c(c1)OCO2. The minimum absolute atomic E-state index is 0.0511. The highest BCUT2D eigenvalue weighted by atomic mass is 16.7. The molecule has 2 amide bonds. The number of aryl methyl sites for hydroxylation is 2. The largest absolute Gasteiger partial charge is 0.454 e. The van der Waals surface area contributed by atoms with E-state index in [2.05, 4.69) is 12.2 Å². The summed E-state index contributed by atoms with van der Waals surface area (Å²) in [6.07, 6.45) is 3.19. The normalized spacial score (nSPS) is 12.7. The van der Waals surface area contributed by atoms with Gasteiger partial charge in [0.25, 0.3) is 0 Å². The summed E-state index contributed by atoms with van der Waals surface area (Å²) < 4.78 is 10.9. The van der Waals surface area contributed by atoms with Crippen LogP contribution in [0.5, 0.6) is 11.5 Å². The second-order valence-corrected chi connectivity index (χ2v) is 9.54. The van der Waals surface area contributed by atoms with Crippen LogP contribution >= 0.6 is 0 Å². The molecule has 4 rings (SSSR count). The molecule has 1 aliphatic heterocycles. The number of unbranched alkanes of at least 4 members (excludes halogenated alkanes) is 1. The molecule has 3 aromatic carbocycles. The highest BCUT2D eigenvalue weighted by Gasteiger charge is 2.30. The third-order valence-corrected chi connectivity index (χ3v) is 6.64. The molecule has 194 valence electrons. The van der Waals surface area contributed by atoms with Crippen LogP contribution in [0.25, 0.3) is 0 Å². The monoisotopic (exact) mass is 500 g/mol. The lowest BCUT2D eigenvalue weighted by Gasteiger charge is -2.32. The third-order valence-electron chi connectivity index (χ3n) is 6.64. The van der Waals surface area contributed by atoms with E-state index in [-0.39, 0.29) is 18.6 Å². The predicted molar refractivity (Wildman–Crippen MR) is 144 cm³/mol. The Morgan fingerprint density at radius 2 is 1.65 bits per heavy atom. The van der Waals surface area contributed by atoms with Crippen molar-refractivity contribution in [1.82, 2.24) is 10.2 Å². The molecule has 0 aromatic heterocycles. The van der Waals surface area contributed by atoms with Gasteiger partial charge in [-0.25, -0.2) is 0 Å². The minimum atomic E-state index is -0.607. The van der Waals surface area contributed by atoms with Crippen LogP contribution in [0.2, 0.25) is 0 Å². The van der Waals surface area contributed by atoms with Gasteiger partial charge in [-0.2, -0.15) is 0 Å². The van der Waals surface area contributed by atoms with Crippen LogP contribution < -0.4 is 14.8 Å². The number of fused-ring (bicyclic) bond motifs is 1. The van der Waals surface area contributed by atoms with Gasteiger partial charge in [-0.05, 0) is 48.6 Å². The summed E-state index contributed by atoms with van der Waals surface area (Å²) in [6, 6.07) is 23.2. The van der Waals surface area contributed by atoms with Crippen LogP contribution in [0, 0.1) is 6.92 Å². The fourth-order valence-electron chi connectivity index (χ4n) is 4.44. The van der Waals surface area contributed by atoms with Crippen molar-refractivity contribution in [2.75, 3.05) is 13.3 Å². The van der Waals surface area contributed by atoms with Gasteiger partial charge in [-0.3, -0.25) is 9.59 Å². The molecule has 1 heterocycles. The molecule has 0 spiro atoms. The quantitative estimate of drug-likeness (QED) is 0.347. The zero-order valence-corrected chi connectivity index (χ0v) is 21.7. The molecule has 0 unspecified atom stereocenters. The summed E-state index contributed by atoms with van der Waals surface area (Å²) in [5.41, 5.74) is 4.18. The molecular weight excluding hydrogens is 464 g/mol. The summed E-state index contributed by atoms with van der Waals surface area (Å²) in [5.74, 6) is 1.27. The van der Waals surface area contributed by atoms with Crippen molar-refractivity contribution in [3.63, 3.8) is 0 Å².